The van der Waals surface area contributed by atoms with Crippen molar-refractivity contribution < 1.29 is 33.8 Å². The van der Waals surface area contributed by atoms with Crippen molar-refractivity contribution in [3.63, 3.8) is 0 Å². The van der Waals surface area contributed by atoms with Gasteiger partial charge in [0.1, 0.15) is 50.6 Å². The summed E-state index contributed by atoms with van der Waals surface area (Å²) in [5, 5.41) is 8.39. The minimum Gasteiger partial charge on any atom is -0.0622 e. The van der Waals surface area contributed by atoms with E-state index in [4.69, 9.17) is 19.1 Å². The molecular formula is C94H85Br2Cl2F3N8OP2PdS7Sn. The molecule has 0 saturated heterocycles. The molecule has 0 aliphatic carbocycles. The molecule has 9 nitrogen and oxygen atoms in total. The molecule has 0 amide bonds. The van der Waals surface area contributed by atoms with E-state index in [1.165, 1.54) is 138 Å². The molecule has 0 atom stereocenters. The smallest absolute Gasteiger partial charge is 0.0134 e. The van der Waals surface area contributed by atoms with Crippen LogP contribution in [0.25, 0.3) is 74.3 Å². The average Bonchev–Trinajstić information content (AvgIpc) is 1.59. The summed E-state index contributed by atoms with van der Waals surface area (Å²) < 4.78 is 86.1. The summed E-state index contributed by atoms with van der Waals surface area (Å²) in [5.41, 5.74) is 13.8. The molecule has 2 aliphatic rings. The summed E-state index contributed by atoms with van der Waals surface area (Å²) in [5.74, 6) is -0.262. The zero-order valence-electron chi connectivity index (χ0n) is 65.8. The molecule has 0 saturated carbocycles. The molecule has 11 aromatic carbocycles. The number of thiophene rings is 3. The van der Waals surface area contributed by atoms with Crippen LogP contribution in [0.1, 0.15) is 77.8 Å². The Hall–Kier alpha value is -6.75. The van der Waals surface area contributed by atoms with Gasteiger partial charge >= 0.3 is 206 Å². The predicted octanol–water partition coefficient (Wildman–Crippen LogP) is 31.0. The van der Waals surface area contributed by atoms with Gasteiger partial charge in [0, 0.05) is 30.6 Å². The van der Waals surface area contributed by atoms with Crippen LogP contribution in [-0.4, -0.2) is 42.2 Å². The van der Waals surface area contributed by atoms with Crippen LogP contribution in [-0.2, 0) is 38.6 Å². The number of aryl methyl sites for hydroxylation is 2. The first-order valence-electron chi connectivity index (χ1n) is 38.8. The maximum absolute atomic E-state index is 12.8. The first-order valence-corrected chi connectivity index (χ1v) is 59.9. The second kappa shape index (κ2) is 46.5. The number of rotatable bonds is 22. The van der Waals surface area contributed by atoms with Crippen LogP contribution in [0.4, 0.5) is 35.9 Å². The summed E-state index contributed by atoms with van der Waals surface area (Å²) in [6, 6.07) is 101. The van der Waals surface area contributed by atoms with Crippen LogP contribution in [0.3, 0.4) is 0 Å². The van der Waals surface area contributed by atoms with E-state index in [1.807, 2.05) is 15.0 Å². The molecule has 18 rings (SSSR count). The van der Waals surface area contributed by atoms with E-state index in [0.717, 1.165) is 113 Å². The van der Waals surface area contributed by atoms with Gasteiger partial charge in [-0.25, -0.2) is 0 Å². The predicted molar refractivity (Wildman–Crippen MR) is 530 cm³/mol. The Balaban J connectivity index is 0.000000144. The second-order valence-electron chi connectivity index (χ2n) is 27.9. The normalized spacial score (nSPS) is 11.7. The number of hydrogen-bond acceptors (Lipinski definition) is 14. The Labute approximate surface area is 774 Å². The molecular weight excluding hydrogens is 2060 g/mol. The van der Waals surface area contributed by atoms with Crippen molar-refractivity contribution in [3.8, 4) is 58.0 Å². The van der Waals surface area contributed by atoms with Crippen LogP contribution in [0, 0.1) is 13.8 Å². The van der Waals surface area contributed by atoms with E-state index in [1.54, 1.807) is 36.8 Å². The van der Waals surface area contributed by atoms with Gasteiger partial charge in [-0.1, -0.05) is 231 Å². The van der Waals surface area contributed by atoms with Gasteiger partial charge in [-0.05, 0) is 134 Å². The monoisotopic (exact) mass is 2140 g/mol. The van der Waals surface area contributed by atoms with Crippen LogP contribution in [0.5, 0.6) is 5.75 Å². The third kappa shape index (κ3) is 24.3. The van der Waals surface area contributed by atoms with E-state index in [2.05, 4.69) is 372 Å². The molecule has 0 N–H and O–H groups in total. The van der Waals surface area contributed by atoms with E-state index in [9.17, 15) is 13.2 Å². The molecule has 2 aliphatic heterocycles. The molecule has 7 heterocycles. The Kier molecular flexibility index (Phi) is 35.9. The van der Waals surface area contributed by atoms with Crippen molar-refractivity contribution in [1.29, 1.82) is 0 Å². The first kappa shape index (κ1) is 93.4. The van der Waals surface area contributed by atoms with Crippen molar-refractivity contribution >= 4 is 245 Å². The van der Waals surface area contributed by atoms with E-state index in [-0.39, 0.29) is 29.1 Å². The Morgan fingerprint density at radius 1 is 0.380 bits per heavy atom. The number of alkyl halides is 3. The van der Waals surface area contributed by atoms with Crippen molar-refractivity contribution in [2.75, 3.05) is 0 Å². The number of nitrogens with zero attached hydrogens (tertiary/aromatic N) is 8. The fourth-order valence-corrected chi connectivity index (χ4v) is 44.7. The van der Waals surface area contributed by atoms with Crippen molar-refractivity contribution in [2.24, 2.45) is 17.5 Å². The van der Waals surface area contributed by atoms with Gasteiger partial charge in [0.25, 0.3) is 0 Å². The zero-order valence-corrected chi connectivity index (χ0v) is 82.4. The van der Waals surface area contributed by atoms with Gasteiger partial charge in [-0.15, -0.1) is 35.8 Å². The fourth-order valence-electron chi connectivity index (χ4n) is 14.0. The number of fused-ring (bicyclic) bond motifs is 4. The minimum absolute atomic E-state index is 0. The zero-order chi connectivity index (χ0) is 83.8. The van der Waals surface area contributed by atoms with E-state index < -0.39 is 40.6 Å². The standard InChI is InChI=1S/C28H15F3N4OS4.2C18H15P.C11H9S.C6Br2N4S2.3C4H9.CH4.2ClH.Pd.Sn/c1-14-4-2-5-15(12-14)18-8-10-20(37-18)22-24-26(34-39-32-24)23(27-25(22)33-40-35-27)21-11-9-19(38-21)16-6-3-7-17(13-16)36-28(29,30)31;2*1-4-10-16(11-5-1)19(17-12-6-2-7-13-17)18-14-8-3-9-15-18;1-9-4-2-5-10(8-9)11-6-3-7-12-11;7-1-3-5(11-13-9-3)2(8)6-4(1)10-14-12-6;3*1-3-4-2;;;;;/h2-13H,1H3;2*1-15H;2-6,8H,1H3;;3*1,3-4H2,2H3;1H4;2*1H;;/q;;;;;;;;;;;+2;/p-2. The molecule has 0 radical (unpaired) electrons. The minimum atomic E-state index is -4.75. The second-order valence-corrected chi connectivity index (χ2v) is 55.8. The molecule has 0 unspecified atom stereocenters. The van der Waals surface area contributed by atoms with Gasteiger partial charge in [0.2, 0.25) is 0 Å². The van der Waals surface area contributed by atoms with Gasteiger partial charge in [0.05, 0.1) is 55.1 Å². The molecule has 27 heteroatoms. The Morgan fingerprint density at radius 2 is 0.686 bits per heavy atom. The Bertz CT molecular complexity index is 5820. The molecule has 0 spiro atoms. The number of benzene rings is 11. The van der Waals surface area contributed by atoms with Crippen LogP contribution in [0.15, 0.2) is 318 Å². The number of ether oxygens (including phenoxy) is 1. The SMILES string of the molecule is Brc1c2c(c(Br)c3nsnc13)N=S=N2.C.CCC[CH2][Sn]([CH2]CCC)([CH2]CCC)[c]1ccc(-c2cccc(C)c2)s1.Cc1cccc(-c2ccc(-c3c4c(c(-c5ccc(-c6cccc(OC(F)(F)F)c6)s5)c5nsnc35)N=S=N4)s2)c1.[Cl][Pd][Cl].c1ccc(P(c2ccccc2)c2ccccc2)cc1.c1ccc(P(c2ccccc2)c2ccccc2)cc1. The molecule has 0 bridgehead atoms. The maximum Gasteiger partial charge on any atom is -0.0134 e. The summed E-state index contributed by atoms with van der Waals surface area (Å²) in [4.78, 5) is 5.34. The third-order valence-corrected chi connectivity index (χ3v) is 49.9. The van der Waals surface area contributed by atoms with Crippen molar-refractivity contribution in [2.45, 2.75) is 100 Å². The topological polar surface area (TPSA) is 110 Å². The number of hydrogen-bond donors (Lipinski definition) is 0. The molecule has 622 valence electrons. The van der Waals surface area contributed by atoms with E-state index >= 15 is 0 Å². The maximum atomic E-state index is 12.8. The first-order chi connectivity index (χ1) is 58.6. The van der Waals surface area contributed by atoms with Crippen LogP contribution in [0.2, 0.25) is 13.3 Å². The average molecular weight is 2140 g/mol. The summed E-state index contributed by atoms with van der Waals surface area (Å²) in [7, 11) is 8.74. The summed E-state index contributed by atoms with van der Waals surface area (Å²) >= 11 is 14.5. The molecule has 16 aromatic rings. The third-order valence-electron chi connectivity index (χ3n) is 19.6. The summed E-state index contributed by atoms with van der Waals surface area (Å²) in [6.45, 7) is 11.4. The van der Waals surface area contributed by atoms with Gasteiger partial charge in [0.15, 0.2) is 0 Å². The van der Waals surface area contributed by atoms with Crippen LogP contribution < -0.4 is 39.5 Å². The largest absolute Gasteiger partial charge is 0.0622 e. The number of aromatic nitrogens is 4. The number of unbranched alkanes of at least 4 members (excludes halogenated alkanes) is 3. The quantitative estimate of drug-likeness (QED) is 0.0496. The van der Waals surface area contributed by atoms with Gasteiger partial charge in [-0.2, -0.15) is 34.9 Å². The summed E-state index contributed by atoms with van der Waals surface area (Å²) in [6.07, 6.45) is 3.65. The van der Waals surface area contributed by atoms with Gasteiger partial charge < -0.3 is 4.74 Å². The van der Waals surface area contributed by atoms with Gasteiger partial charge in [-0.3, -0.25) is 0 Å². The van der Waals surface area contributed by atoms with Crippen molar-refractivity contribution in [3.05, 3.63) is 311 Å². The molecule has 0 fully saturated rings. The molecule has 5 aromatic heterocycles. The number of halogens is 7. The van der Waals surface area contributed by atoms with Crippen molar-refractivity contribution in [1.82, 2.24) is 17.5 Å². The van der Waals surface area contributed by atoms with E-state index in [0.29, 0.717) is 5.56 Å². The fraction of sp³-hybridized carbons (Fsp3) is 0.170. The molecule has 121 heavy (non-hydrogen) atoms. The Morgan fingerprint density at radius 3 is 1.02 bits per heavy atom. The van der Waals surface area contributed by atoms with Crippen LogP contribution >= 0.6 is 124 Å².